The highest BCUT2D eigenvalue weighted by Gasteiger charge is 2.17. The van der Waals surface area contributed by atoms with Crippen LogP contribution < -0.4 is 5.32 Å². The fourth-order valence-electron chi connectivity index (χ4n) is 2.62. The van der Waals surface area contributed by atoms with E-state index in [9.17, 15) is 0 Å². The molecule has 0 radical (unpaired) electrons. The first-order chi connectivity index (χ1) is 14.6. The van der Waals surface area contributed by atoms with Crippen LogP contribution in [0, 0.1) is 6.57 Å². The normalized spacial score (nSPS) is 10.4. The molecule has 1 N–H and O–H groups in total. The molecule has 3 heterocycles. The molecule has 9 heteroatoms. The Kier molecular flexibility index (Phi) is 6.10. The van der Waals surface area contributed by atoms with Crippen LogP contribution in [0.15, 0.2) is 77.0 Å². The first kappa shape index (κ1) is 20.1. The molecule has 4 rings (SSSR count). The van der Waals surface area contributed by atoms with Gasteiger partial charge in [-0.1, -0.05) is 39.9 Å². The minimum atomic E-state index is 0.140. The molecule has 0 bridgehead atoms. The maximum Gasteiger partial charge on any atom is 0.532 e. The lowest BCUT2D eigenvalue weighted by atomic mass is 10.2. The summed E-state index contributed by atoms with van der Waals surface area (Å²) in [5, 5.41) is 4.21. The average molecular weight is 452 g/mol. The second kappa shape index (κ2) is 9.09. The second-order valence-corrected chi connectivity index (χ2v) is 7.89. The number of aromatic nitrogens is 4. The molecule has 0 spiro atoms. The average Bonchev–Trinajstić information content (AvgIpc) is 2.77. The van der Waals surface area contributed by atoms with E-state index in [1.807, 2.05) is 24.3 Å². The number of nitrogens with zero attached hydrogens (tertiary/aromatic N) is 5. The van der Waals surface area contributed by atoms with Crippen LogP contribution in [-0.2, 0) is 0 Å². The Balaban J connectivity index is 1.64. The van der Waals surface area contributed by atoms with Gasteiger partial charge in [0.2, 0.25) is 5.82 Å². The van der Waals surface area contributed by atoms with Gasteiger partial charge in [0.05, 0.1) is 10.0 Å². The van der Waals surface area contributed by atoms with E-state index in [1.165, 1.54) is 11.8 Å². The summed E-state index contributed by atoms with van der Waals surface area (Å²) < 4.78 is 0. The van der Waals surface area contributed by atoms with Crippen LogP contribution in [0.4, 0.5) is 17.5 Å². The Labute approximate surface area is 187 Å². The Morgan fingerprint density at radius 2 is 1.70 bits per heavy atom. The lowest BCUT2D eigenvalue weighted by Gasteiger charge is -2.10. The van der Waals surface area contributed by atoms with Gasteiger partial charge in [-0.15, -0.1) is 0 Å². The Bertz CT molecular complexity index is 1210. The van der Waals surface area contributed by atoms with E-state index in [-0.39, 0.29) is 5.95 Å². The van der Waals surface area contributed by atoms with Crippen LogP contribution >= 0.6 is 35.0 Å². The zero-order chi connectivity index (χ0) is 20.9. The van der Waals surface area contributed by atoms with Crippen molar-refractivity contribution in [2.24, 2.45) is 0 Å². The number of pyridine rings is 2. The molecule has 0 aliphatic rings. The van der Waals surface area contributed by atoms with Gasteiger partial charge >= 0.3 is 5.95 Å². The zero-order valence-corrected chi connectivity index (χ0v) is 17.7. The summed E-state index contributed by atoms with van der Waals surface area (Å²) in [6.45, 7) is 5.41. The molecule has 3 aromatic heterocycles. The highest BCUT2D eigenvalue weighted by atomic mass is 35.5. The van der Waals surface area contributed by atoms with E-state index in [4.69, 9.17) is 29.8 Å². The second-order valence-electron chi connectivity index (χ2n) is 5.99. The summed E-state index contributed by atoms with van der Waals surface area (Å²) in [5.74, 6) is 0.635. The van der Waals surface area contributed by atoms with Gasteiger partial charge in [-0.05, 0) is 41.4 Å². The Morgan fingerprint density at radius 1 is 0.933 bits per heavy atom. The lowest BCUT2D eigenvalue weighted by molar-refractivity contribution is 1.19. The Morgan fingerprint density at radius 3 is 2.37 bits per heavy atom. The summed E-state index contributed by atoms with van der Waals surface area (Å²) in [6, 6.07) is 12.8. The summed E-state index contributed by atoms with van der Waals surface area (Å²) in [7, 11) is 0. The van der Waals surface area contributed by atoms with Crippen molar-refractivity contribution in [3.63, 3.8) is 0 Å². The maximum absolute atomic E-state index is 6.50. The van der Waals surface area contributed by atoms with Crippen molar-refractivity contribution < 1.29 is 0 Å². The van der Waals surface area contributed by atoms with Crippen LogP contribution in [0.2, 0.25) is 10.0 Å². The molecule has 30 heavy (non-hydrogen) atoms. The SMILES string of the molecule is C#[N+]c1nc(Nc2cc(Cl)c(Sc3ccncc3)c(Cl)c2)cc(-c2cccnc2)n1. The molecule has 4 aromatic rings. The van der Waals surface area contributed by atoms with E-state index in [2.05, 4.69) is 30.1 Å². The predicted octanol–water partition coefficient (Wildman–Crippen LogP) is 6.73. The standard InChI is InChI=1S/C21H13Cl2N6S/c1-24-21-28-18(13-3-2-6-26-12-13)11-19(29-21)27-14-9-16(22)20(17(23)10-14)30-15-4-7-25-8-5-15/h1-12H,(H,27,28,29)/q+1. The van der Waals surface area contributed by atoms with Gasteiger partial charge in [0, 0.05) is 51.9 Å². The van der Waals surface area contributed by atoms with Crippen molar-refractivity contribution in [2.45, 2.75) is 9.79 Å². The van der Waals surface area contributed by atoms with Crippen molar-refractivity contribution in [3.05, 3.63) is 82.1 Å². The molecule has 0 saturated carbocycles. The molecular formula is C21H13Cl2N6S+. The van der Waals surface area contributed by atoms with E-state index < -0.39 is 0 Å². The quantitative estimate of drug-likeness (QED) is 0.362. The number of hydrogen-bond donors (Lipinski definition) is 1. The number of halogens is 2. The smallest absolute Gasteiger partial charge is 0.326 e. The summed E-state index contributed by atoms with van der Waals surface area (Å²) in [5.41, 5.74) is 2.11. The summed E-state index contributed by atoms with van der Waals surface area (Å²) >= 11 is 14.5. The van der Waals surface area contributed by atoms with Gasteiger partial charge in [0.1, 0.15) is 6.57 Å². The van der Waals surface area contributed by atoms with Crippen molar-refractivity contribution in [3.8, 4) is 17.8 Å². The van der Waals surface area contributed by atoms with Gasteiger partial charge in [-0.25, -0.2) is 0 Å². The number of benzene rings is 1. The topological polar surface area (TPSA) is 68.0 Å². The lowest BCUT2D eigenvalue weighted by Crippen LogP contribution is -1.97. The molecule has 0 aliphatic carbocycles. The third-order valence-electron chi connectivity index (χ3n) is 3.93. The van der Waals surface area contributed by atoms with Crippen molar-refractivity contribution in [2.75, 3.05) is 5.32 Å². The number of hydrogen-bond acceptors (Lipinski definition) is 6. The third-order valence-corrected chi connectivity index (χ3v) is 5.90. The fraction of sp³-hybridized carbons (Fsp3) is 0. The Hall–Kier alpha value is -3.18. The van der Waals surface area contributed by atoms with Gasteiger partial charge in [0.25, 0.3) is 0 Å². The molecule has 0 saturated heterocycles. The highest BCUT2D eigenvalue weighted by Crippen LogP contribution is 2.40. The van der Waals surface area contributed by atoms with Crippen molar-refractivity contribution in [1.29, 1.82) is 0 Å². The van der Waals surface area contributed by atoms with Gasteiger partial charge < -0.3 is 5.32 Å². The first-order valence-electron chi connectivity index (χ1n) is 8.67. The molecule has 0 atom stereocenters. The minimum absolute atomic E-state index is 0.140. The van der Waals surface area contributed by atoms with E-state index in [0.717, 1.165) is 15.4 Å². The number of anilines is 2. The van der Waals surface area contributed by atoms with Crippen LogP contribution in [0.5, 0.6) is 0 Å². The molecule has 0 amide bonds. The molecule has 1 aromatic carbocycles. The maximum atomic E-state index is 6.50. The summed E-state index contributed by atoms with van der Waals surface area (Å²) in [6.07, 6.45) is 6.82. The summed E-state index contributed by atoms with van der Waals surface area (Å²) in [4.78, 5) is 22.1. The largest absolute Gasteiger partial charge is 0.532 e. The molecule has 0 fully saturated rings. The van der Waals surface area contributed by atoms with Crippen molar-refractivity contribution >= 4 is 52.4 Å². The van der Waals surface area contributed by atoms with E-state index >= 15 is 0 Å². The van der Waals surface area contributed by atoms with Crippen molar-refractivity contribution in [1.82, 2.24) is 19.9 Å². The molecule has 0 unspecified atom stereocenters. The number of nitrogens with one attached hydrogen (secondary N) is 1. The van der Waals surface area contributed by atoms with Crippen LogP contribution in [0.3, 0.4) is 0 Å². The monoisotopic (exact) mass is 451 g/mol. The van der Waals surface area contributed by atoms with Gasteiger partial charge in [-0.2, -0.15) is 4.85 Å². The molecule has 0 aliphatic heterocycles. The van der Waals surface area contributed by atoms with Crippen LogP contribution in [-0.4, -0.2) is 19.9 Å². The highest BCUT2D eigenvalue weighted by molar-refractivity contribution is 7.99. The van der Waals surface area contributed by atoms with Crippen LogP contribution in [0.25, 0.3) is 16.1 Å². The van der Waals surface area contributed by atoms with Crippen LogP contribution in [0.1, 0.15) is 0 Å². The molecular weight excluding hydrogens is 439 g/mol. The zero-order valence-electron chi connectivity index (χ0n) is 15.3. The minimum Gasteiger partial charge on any atom is -0.326 e. The number of rotatable bonds is 5. The van der Waals surface area contributed by atoms with Gasteiger partial charge in [-0.3, -0.25) is 9.97 Å². The third kappa shape index (κ3) is 4.69. The molecule has 6 nitrogen and oxygen atoms in total. The van der Waals surface area contributed by atoms with Gasteiger partial charge in [0.15, 0.2) is 5.69 Å². The van der Waals surface area contributed by atoms with E-state index in [1.54, 1.807) is 43.0 Å². The first-order valence-corrected chi connectivity index (χ1v) is 10.2. The predicted molar refractivity (Wildman–Crippen MR) is 121 cm³/mol. The van der Waals surface area contributed by atoms with E-state index in [0.29, 0.717) is 27.2 Å². The fourth-order valence-corrected chi connectivity index (χ4v) is 4.14. The molecule has 146 valence electrons.